The van der Waals surface area contributed by atoms with Gasteiger partial charge in [0.2, 0.25) is 0 Å². The minimum Gasteiger partial charge on any atom is -0.353 e. The number of fused-ring (bicyclic) bond motifs is 2. The fraction of sp³-hybridized carbons (Fsp3) is 0.750. The van der Waals surface area contributed by atoms with Crippen LogP contribution < -0.4 is 15.5 Å². The lowest BCUT2D eigenvalue weighted by Gasteiger charge is -2.34. The van der Waals surface area contributed by atoms with Gasteiger partial charge in [0.1, 0.15) is 11.6 Å². The van der Waals surface area contributed by atoms with Crippen LogP contribution >= 0.6 is 0 Å². The highest BCUT2D eigenvalue weighted by Gasteiger charge is 2.33. The Hall–Kier alpha value is -1.20. The van der Waals surface area contributed by atoms with Gasteiger partial charge in [0.15, 0.2) is 0 Å². The summed E-state index contributed by atoms with van der Waals surface area (Å²) in [6.45, 7) is 6.42. The standard InChI is InChI=1S/C16H25N5/c1-11-18-15(12-3-2-6-17-8-12)7-16(19-11)21-9-13-4-5-14(10-21)20-13/h7,12-14,17,20H,2-6,8-10H2,1H3/t12-,13-,14+/m1/s1. The van der Waals surface area contributed by atoms with Gasteiger partial charge in [0.25, 0.3) is 0 Å². The molecule has 4 rings (SSSR count). The van der Waals surface area contributed by atoms with E-state index in [2.05, 4.69) is 21.6 Å². The summed E-state index contributed by atoms with van der Waals surface area (Å²) in [6.07, 6.45) is 5.12. The molecule has 2 N–H and O–H groups in total. The summed E-state index contributed by atoms with van der Waals surface area (Å²) in [5.74, 6) is 2.61. The molecule has 2 bridgehead atoms. The van der Waals surface area contributed by atoms with E-state index in [4.69, 9.17) is 9.97 Å². The molecule has 0 unspecified atom stereocenters. The highest BCUT2D eigenvalue weighted by molar-refractivity contribution is 5.42. The zero-order chi connectivity index (χ0) is 14.2. The summed E-state index contributed by atoms with van der Waals surface area (Å²) >= 11 is 0. The molecule has 4 heterocycles. The molecule has 0 aliphatic carbocycles. The summed E-state index contributed by atoms with van der Waals surface area (Å²) in [7, 11) is 0. The van der Waals surface area contributed by atoms with E-state index in [9.17, 15) is 0 Å². The molecule has 0 spiro atoms. The van der Waals surface area contributed by atoms with Crippen molar-refractivity contribution in [3.05, 3.63) is 17.6 Å². The minimum absolute atomic E-state index is 0.554. The summed E-state index contributed by atoms with van der Waals surface area (Å²) in [6, 6.07) is 3.55. The molecule has 3 aliphatic rings. The van der Waals surface area contributed by atoms with Gasteiger partial charge in [-0.25, -0.2) is 9.97 Å². The van der Waals surface area contributed by atoms with Gasteiger partial charge >= 0.3 is 0 Å². The zero-order valence-corrected chi connectivity index (χ0v) is 12.8. The van der Waals surface area contributed by atoms with Crippen LogP contribution in [0, 0.1) is 6.92 Å². The third-order valence-corrected chi connectivity index (χ3v) is 5.10. The number of piperidine rings is 1. The van der Waals surface area contributed by atoms with Crippen LogP contribution in [0.2, 0.25) is 0 Å². The molecule has 0 radical (unpaired) electrons. The van der Waals surface area contributed by atoms with Crippen molar-refractivity contribution in [2.45, 2.75) is 50.6 Å². The number of aryl methyl sites for hydroxylation is 1. The molecule has 3 saturated heterocycles. The average molecular weight is 287 g/mol. The van der Waals surface area contributed by atoms with Crippen molar-refractivity contribution >= 4 is 5.82 Å². The Morgan fingerprint density at radius 1 is 1.14 bits per heavy atom. The van der Waals surface area contributed by atoms with Crippen molar-refractivity contribution in [3.63, 3.8) is 0 Å². The topological polar surface area (TPSA) is 53.1 Å². The van der Waals surface area contributed by atoms with Crippen LogP contribution in [0.15, 0.2) is 6.07 Å². The molecule has 1 aromatic heterocycles. The second-order valence-corrected chi connectivity index (χ2v) is 6.78. The SMILES string of the molecule is Cc1nc([C@@H]2CCCNC2)cc(N2C[C@H]3CC[C@@H](C2)N3)n1. The number of piperazine rings is 1. The first-order valence-corrected chi connectivity index (χ1v) is 8.35. The number of anilines is 1. The summed E-state index contributed by atoms with van der Waals surface area (Å²) < 4.78 is 0. The fourth-order valence-electron chi connectivity index (χ4n) is 4.03. The number of nitrogens with one attached hydrogen (secondary N) is 2. The van der Waals surface area contributed by atoms with Gasteiger partial charge < -0.3 is 15.5 Å². The molecule has 3 fully saturated rings. The van der Waals surface area contributed by atoms with E-state index in [1.165, 1.54) is 31.4 Å². The largest absolute Gasteiger partial charge is 0.353 e. The average Bonchev–Trinajstić information content (AvgIpc) is 2.86. The van der Waals surface area contributed by atoms with Crippen LogP contribution in [0.1, 0.15) is 43.1 Å². The van der Waals surface area contributed by atoms with E-state index < -0.39 is 0 Å². The lowest BCUT2D eigenvalue weighted by atomic mass is 9.96. The van der Waals surface area contributed by atoms with Gasteiger partial charge in [-0.2, -0.15) is 0 Å². The molecule has 0 saturated carbocycles. The molecule has 114 valence electrons. The van der Waals surface area contributed by atoms with E-state index in [1.54, 1.807) is 0 Å². The molecule has 5 nitrogen and oxygen atoms in total. The van der Waals surface area contributed by atoms with E-state index >= 15 is 0 Å². The first kappa shape index (κ1) is 13.5. The van der Waals surface area contributed by atoms with Gasteiger partial charge in [-0.05, 0) is 39.2 Å². The maximum absolute atomic E-state index is 4.72. The number of hydrogen-bond donors (Lipinski definition) is 2. The molecule has 3 atom stereocenters. The van der Waals surface area contributed by atoms with Crippen LogP contribution in [0.3, 0.4) is 0 Å². The lowest BCUT2D eigenvalue weighted by Crippen LogP contribution is -2.51. The quantitative estimate of drug-likeness (QED) is 0.856. The number of hydrogen-bond acceptors (Lipinski definition) is 5. The van der Waals surface area contributed by atoms with Crippen molar-refractivity contribution in [2.75, 3.05) is 31.1 Å². The second kappa shape index (κ2) is 5.54. The van der Waals surface area contributed by atoms with E-state index in [1.807, 2.05) is 6.92 Å². The summed E-state index contributed by atoms with van der Waals surface area (Å²) in [5.41, 5.74) is 1.23. The molecular formula is C16H25N5. The highest BCUT2D eigenvalue weighted by Crippen LogP contribution is 2.27. The Bertz CT molecular complexity index is 499. The predicted octanol–water partition coefficient (Wildman–Crippen LogP) is 1.19. The Kier molecular flexibility index (Phi) is 3.55. The van der Waals surface area contributed by atoms with Crippen LogP contribution in [-0.4, -0.2) is 48.2 Å². The Labute approximate surface area is 126 Å². The van der Waals surface area contributed by atoms with Crippen LogP contribution in [-0.2, 0) is 0 Å². The first-order valence-electron chi connectivity index (χ1n) is 8.35. The maximum atomic E-state index is 4.72. The molecule has 21 heavy (non-hydrogen) atoms. The van der Waals surface area contributed by atoms with E-state index in [0.717, 1.165) is 37.8 Å². The van der Waals surface area contributed by atoms with Crippen LogP contribution in [0.5, 0.6) is 0 Å². The third-order valence-electron chi connectivity index (χ3n) is 5.10. The zero-order valence-electron chi connectivity index (χ0n) is 12.8. The predicted molar refractivity (Wildman–Crippen MR) is 83.8 cm³/mol. The molecule has 1 aromatic rings. The molecule has 5 heteroatoms. The highest BCUT2D eigenvalue weighted by atomic mass is 15.3. The van der Waals surface area contributed by atoms with Gasteiger partial charge in [0, 0.05) is 43.7 Å². The molecule has 0 amide bonds. The second-order valence-electron chi connectivity index (χ2n) is 6.78. The van der Waals surface area contributed by atoms with E-state index in [0.29, 0.717) is 18.0 Å². The normalized spacial score (nSPS) is 32.4. The lowest BCUT2D eigenvalue weighted by molar-refractivity contribution is 0.450. The minimum atomic E-state index is 0.554. The molecular weight excluding hydrogens is 262 g/mol. The first-order chi connectivity index (χ1) is 10.3. The molecule has 3 aliphatic heterocycles. The van der Waals surface area contributed by atoms with Crippen LogP contribution in [0.4, 0.5) is 5.82 Å². The van der Waals surface area contributed by atoms with Crippen molar-refractivity contribution in [1.82, 2.24) is 20.6 Å². The Morgan fingerprint density at radius 2 is 1.95 bits per heavy atom. The number of aromatic nitrogens is 2. The van der Waals surface area contributed by atoms with Gasteiger partial charge in [-0.15, -0.1) is 0 Å². The number of rotatable bonds is 2. The summed E-state index contributed by atoms with van der Waals surface area (Å²) in [5, 5.41) is 7.18. The number of nitrogens with zero attached hydrogens (tertiary/aromatic N) is 3. The van der Waals surface area contributed by atoms with Gasteiger partial charge in [-0.3, -0.25) is 0 Å². The van der Waals surface area contributed by atoms with Crippen LogP contribution in [0.25, 0.3) is 0 Å². The van der Waals surface area contributed by atoms with Crippen molar-refractivity contribution in [1.29, 1.82) is 0 Å². The van der Waals surface area contributed by atoms with Gasteiger partial charge in [-0.1, -0.05) is 0 Å². The Morgan fingerprint density at radius 3 is 2.67 bits per heavy atom. The fourth-order valence-corrected chi connectivity index (χ4v) is 4.03. The smallest absolute Gasteiger partial charge is 0.132 e. The van der Waals surface area contributed by atoms with Gasteiger partial charge in [0.05, 0.1) is 5.69 Å². The van der Waals surface area contributed by atoms with Crippen molar-refractivity contribution in [3.8, 4) is 0 Å². The monoisotopic (exact) mass is 287 g/mol. The third kappa shape index (κ3) is 2.77. The maximum Gasteiger partial charge on any atom is 0.132 e. The van der Waals surface area contributed by atoms with Crippen molar-refractivity contribution in [2.24, 2.45) is 0 Å². The van der Waals surface area contributed by atoms with Crippen molar-refractivity contribution < 1.29 is 0 Å². The molecule has 0 aromatic carbocycles. The Balaban J connectivity index is 1.58. The summed E-state index contributed by atoms with van der Waals surface area (Å²) in [4.78, 5) is 11.9. The van der Waals surface area contributed by atoms with E-state index in [-0.39, 0.29) is 0 Å².